The molecule has 0 bridgehead atoms. The summed E-state index contributed by atoms with van der Waals surface area (Å²) in [6.07, 6.45) is 9.10. The normalized spacial score (nSPS) is 14.5. The number of hydrogen-bond acceptors (Lipinski definition) is 3. The Balaban J connectivity index is 1.73. The molecule has 1 aliphatic rings. The first-order chi connectivity index (χ1) is 11.3. The fraction of sp³-hybridized carbons (Fsp3) is 0.368. The van der Waals surface area contributed by atoms with Crippen molar-refractivity contribution in [2.24, 2.45) is 0 Å². The molecule has 1 amide bonds. The molecule has 0 saturated heterocycles. The number of pyridine rings is 1. The summed E-state index contributed by atoms with van der Waals surface area (Å²) < 4.78 is 0. The topological polar surface area (TPSA) is 53.4 Å². The average molecular weight is 310 g/mol. The second-order valence-electron chi connectivity index (χ2n) is 5.94. The van der Waals surface area contributed by atoms with E-state index < -0.39 is 0 Å². The van der Waals surface area contributed by atoms with Crippen LogP contribution in [0.3, 0.4) is 0 Å². The smallest absolute Gasteiger partial charge is 0.246 e. The van der Waals surface area contributed by atoms with Crippen LogP contribution in [0.1, 0.15) is 31.2 Å². The molecule has 1 aromatic carbocycles. The molecule has 1 saturated carbocycles. The molecule has 0 atom stereocenters. The van der Waals surface area contributed by atoms with Crippen molar-refractivity contribution in [3.63, 3.8) is 0 Å². The highest BCUT2D eigenvalue weighted by Gasteiger charge is 2.30. The number of benzene rings is 1. The molecule has 120 valence electrons. The first kappa shape index (κ1) is 15.7. The van der Waals surface area contributed by atoms with Gasteiger partial charge >= 0.3 is 0 Å². The highest BCUT2D eigenvalue weighted by Crippen LogP contribution is 2.27. The van der Waals surface area contributed by atoms with Crippen LogP contribution in [0.5, 0.6) is 0 Å². The third kappa shape index (κ3) is 3.96. The van der Waals surface area contributed by atoms with Gasteiger partial charge in [-0.2, -0.15) is 0 Å². The van der Waals surface area contributed by atoms with Crippen LogP contribution < -0.4 is 0 Å². The molecular weight excluding hydrogens is 288 g/mol. The first-order valence-electron chi connectivity index (χ1n) is 8.23. The maximum Gasteiger partial charge on any atom is 0.246 e. The summed E-state index contributed by atoms with van der Waals surface area (Å²) in [5.41, 5.74) is 1.94. The predicted molar refractivity (Wildman–Crippen MR) is 91.8 cm³/mol. The molecule has 4 heteroatoms. The molecule has 1 heterocycles. The van der Waals surface area contributed by atoms with Crippen LogP contribution in [0.4, 0.5) is 0 Å². The van der Waals surface area contributed by atoms with Gasteiger partial charge in [0.1, 0.15) is 0 Å². The molecule has 23 heavy (non-hydrogen) atoms. The molecular formula is C19H22N2O2. The summed E-state index contributed by atoms with van der Waals surface area (Å²) in [4.78, 5) is 18.8. The van der Waals surface area contributed by atoms with Gasteiger partial charge in [0.25, 0.3) is 0 Å². The second-order valence-corrected chi connectivity index (χ2v) is 5.94. The third-order valence-corrected chi connectivity index (χ3v) is 4.17. The monoisotopic (exact) mass is 310 g/mol. The van der Waals surface area contributed by atoms with Crippen molar-refractivity contribution in [1.29, 1.82) is 0 Å². The number of carbonyl (C=O) groups excluding carboxylic acids is 1. The minimum atomic E-state index is 0.0614. The van der Waals surface area contributed by atoms with Crippen LogP contribution in [0.2, 0.25) is 0 Å². The van der Waals surface area contributed by atoms with Gasteiger partial charge in [-0.1, -0.05) is 18.2 Å². The van der Waals surface area contributed by atoms with Gasteiger partial charge in [0.05, 0.1) is 5.52 Å². The van der Waals surface area contributed by atoms with Gasteiger partial charge in [0.15, 0.2) is 0 Å². The van der Waals surface area contributed by atoms with Crippen LogP contribution in [0, 0.1) is 0 Å². The van der Waals surface area contributed by atoms with E-state index >= 15 is 0 Å². The van der Waals surface area contributed by atoms with E-state index in [-0.39, 0.29) is 12.5 Å². The van der Waals surface area contributed by atoms with Crippen molar-refractivity contribution in [3.8, 4) is 0 Å². The Kier molecular flexibility index (Phi) is 5.03. The molecule has 4 nitrogen and oxygen atoms in total. The molecule has 0 spiro atoms. The standard InChI is InChI=1S/C19H22N2O2/c22-14-4-3-13-21(16-8-9-16)19(23)10-7-15-11-12-20-18-6-2-1-5-17(15)18/h1-2,5-7,10-12,16,22H,3-4,8-9,13-14H2/b10-7+. The third-order valence-electron chi connectivity index (χ3n) is 4.17. The lowest BCUT2D eigenvalue weighted by Gasteiger charge is -2.20. The number of fused-ring (bicyclic) bond motifs is 1. The number of hydrogen-bond donors (Lipinski definition) is 1. The number of aliphatic hydroxyl groups is 1. The number of aliphatic hydroxyl groups excluding tert-OH is 1. The maximum absolute atomic E-state index is 12.5. The number of nitrogens with zero attached hydrogens (tertiary/aromatic N) is 2. The number of aromatic nitrogens is 1. The zero-order valence-corrected chi connectivity index (χ0v) is 13.2. The molecule has 0 unspecified atom stereocenters. The molecule has 1 N–H and O–H groups in total. The van der Waals surface area contributed by atoms with E-state index in [0.717, 1.165) is 48.7 Å². The zero-order chi connectivity index (χ0) is 16.1. The highest BCUT2D eigenvalue weighted by molar-refractivity contribution is 5.95. The van der Waals surface area contributed by atoms with Crippen LogP contribution in [0.15, 0.2) is 42.6 Å². The van der Waals surface area contributed by atoms with E-state index in [4.69, 9.17) is 5.11 Å². The van der Waals surface area contributed by atoms with Crippen molar-refractivity contribution in [2.75, 3.05) is 13.2 Å². The van der Waals surface area contributed by atoms with Crippen molar-refractivity contribution in [3.05, 3.63) is 48.2 Å². The Morgan fingerprint density at radius 1 is 1.26 bits per heavy atom. The van der Waals surface area contributed by atoms with Gasteiger partial charge < -0.3 is 10.0 Å². The lowest BCUT2D eigenvalue weighted by Crippen LogP contribution is -2.32. The summed E-state index contributed by atoms with van der Waals surface area (Å²) in [7, 11) is 0. The number of carbonyl (C=O) groups is 1. The minimum absolute atomic E-state index is 0.0614. The molecule has 1 aliphatic carbocycles. The Labute approximate surface area is 136 Å². The number of unbranched alkanes of at least 4 members (excludes halogenated alkanes) is 1. The van der Waals surface area contributed by atoms with E-state index in [0.29, 0.717) is 6.04 Å². The van der Waals surface area contributed by atoms with E-state index in [1.807, 2.05) is 41.3 Å². The number of rotatable bonds is 7. The minimum Gasteiger partial charge on any atom is -0.396 e. The SMILES string of the molecule is O=C(/C=C/c1ccnc2ccccc12)N(CCCCO)C1CC1. The second kappa shape index (κ2) is 7.38. The van der Waals surface area contributed by atoms with Crippen molar-refractivity contribution in [1.82, 2.24) is 9.88 Å². The Morgan fingerprint density at radius 2 is 2.09 bits per heavy atom. The average Bonchev–Trinajstić information content (AvgIpc) is 3.41. The lowest BCUT2D eigenvalue weighted by molar-refractivity contribution is -0.126. The fourth-order valence-electron chi connectivity index (χ4n) is 2.77. The Hall–Kier alpha value is -2.20. The number of amides is 1. The van der Waals surface area contributed by atoms with E-state index in [1.165, 1.54) is 0 Å². The first-order valence-corrected chi connectivity index (χ1v) is 8.23. The van der Waals surface area contributed by atoms with Crippen molar-refractivity contribution >= 4 is 22.9 Å². The van der Waals surface area contributed by atoms with Crippen molar-refractivity contribution in [2.45, 2.75) is 31.7 Å². The van der Waals surface area contributed by atoms with Crippen LogP contribution in [-0.2, 0) is 4.79 Å². The van der Waals surface area contributed by atoms with Gasteiger partial charge in [-0.15, -0.1) is 0 Å². The van der Waals surface area contributed by atoms with E-state index in [2.05, 4.69) is 4.98 Å². The van der Waals surface area contributed by atoms with Crippen LogP contribution >= 0.6 is 0 Å². The summed E-state index contributed by atoms with van der Waals surface area (Å²) in [6.45, 7) is 0.914. The fourth-order valence-corrected chi connectivity index (χ4v) is 2.77. The summed E-state index contributed by atoms with van der Waals surface area (Å²) in [5, 5.41) is 9.95. The van der Waals surface area contributed by atoms with Gasteiger partial charge in [-0.25, -0.2) is 0 Å². The molecule has 3 rings (SSSR count). The van der Waals surface area contributed by atoms with E-state index in [1.54, 1.807) is 12.3 Å². The lowest BCUT2D eigenvalue weighted by atomic mass is 10.1. The van der Waals surface area contributed by atoms with E-state index in [9.17, 15) is 4.79 Å². The molecule has 0 aliphatic heterocycles. The van der Waals surface area contributed by atoms with Gasteiger partial charge in [-0.3, -0.25) is 9.78 Å². The van der Waals surface area contributed by atoms with Gasteiger partial charge in [0, 0.05) is 36.9 Å². The zero-order valence-electron chi connectivity index (χ0n) is 13.2. The van der Waals surface area contributed by atoms with Crippen LogP contribution in [-0.4, -0.2) is 40.1 Å². The molecule has 1 fully saturated rings. The largest absolute Gasteiger partial charge is 0.396 e. The molecule has 1 aromatic heterocycles. The maximum atomic E-state index is 12.5. The summed E-state index contributed by atoms with van der Waals surface area (Å²) in [6, 6.07) is 10.3. The Morgan fingerprint density at radius 3 is 2.87 bits per heavy atom. The highest BCUT2D eigenvalue weighted by atomic mass is 16.3. The number of para-hydroxylation sites is 1. The predicted octanol–water partition coefficient (Wildman–Crippen LogP) is 3.01. The van der Waals surface area contributed by atoms with Gasteiger partial charge in [-0.05, 0) is 49.5 Å². The van der Waals surface area contributed by atoms with Crippen molar-refractivity contribution < 1.29 is 9.90 Å². The van der Waals surface area contributed by atoms with Crippen LogP contribution in [0.25, 0.3) is 17.0 Å². The molecule has 2 aromatic rings. The molecule has 0 radical (unpaired) electrons. The summed E-state index contributed by atoms with van der Waals surface area (Å²) >= 11 is 0. The van der Waals surface area contributed by atoms with Gasteiger partial charge in [0.2, 0.25) is 5.91 Å². The quantitative estimate of drug-likeness (QED) is 0.632. The Bertz CT molecular complexity index is 702. The summed E-state index contributed by atoms with van der Waals surface area (Å²) in [5.74, 6) is 0.0614.